The monoisotopic (exact) mass is 524 g/mol. The molecule has 2 aliphatic heterocycles. The highest BCUT2D eigenvalue weighted by atomic mass is 35.5. The summed E-state index contributed by atoms with van der Waals surface area (Å²) in [5.74, 6) is -2.40. The van der Waals surface area contributed by atoms with Crippen LogP contribution < -0.4 is 15.8 Å². The molecule has 4 N–H and O–H groups in total. The van der Waals surface area contributed by atoms with Crippen LogP contribution in [0.1, 0.15) is 70.8 Å². The number of primary amides is 1. The van der Waals surface area contributed by atoms with Crippen molar-refractivity contribution < 1.29 is 23.4 Å². The van der Waals surface area contributed by atoms with Crippen molar-refractivity contribution in [3.63, 3.8) is 0 Å². The molecule has 3 aromatic carbocycles. The number of aliphatic hydroxyl groups excluding tert-OH is 1. The number of carbonyl (C=O) groups excluding carboxylic acids is 1. The maximum atomic E-state index is 16.3. The van der Waals surface area contributed by atoms with E-state index in [-0.39, 0.29) is 39.4 Å². The third-order valence-corrected chi connectivity index (χ3v) is 8.55. The van der Waals surface area contributed by atoms with Gasteiger partial charge in [-0.2, -0.15) is 0 Å². The lowest BCUT2D eigenvalue weighted by molar-refractivity contribution is 0.0539. The molecule has 5 nitrogen and oxygen atoms in total. The van der Waals surface area contributed by atoms with Crippen molar-refractivity contribution >= 4 is 17.5 Å². The van der Waals surface area contributed by atoms with Crippen molar-refractivity contribution in [1.82, 2.24) is 5.32 Å². The molecule has 0 radical (unpaired) electrons. The first kappa shape index (κ1) is 24.3. The number of ether oxygens (including phenoxy) is 1. The van der Waals surface area contributed by atoms with Crippen LogP contribution >= 0.6 is 11.6 Å². The number of amides is 1. The Kier molecular flexibility index (Phi) is 5.78. The first-order valence-corrected chi connectivity index (χ1v) is 12.9. The minimum Gasteiger partial charge on any atom is -0.480 e. The van der Waals surface area contributed by atoms with Gasteiger partial charge in [-0.05, 0) is 54.5 Å². The highest BCUT2D eigenvalue weighted by Gasteiger charge is 2.50. The van der Waals surface area contributed by atoms with Crippen LogP contribution in [-0.2, 0) is 12.0 Å². The molecule has 3 aliphatic rings. The van der Waals surface area contributed by atoms with Gasteiger partial charge in [0.05, 0.1) is 22.7 Å². The molecule has 8 heteroatoms. The van der Waals surface area contributed by atoms with Gasteiger partial charge >= 0.3 is 0 Å². The van der Waals surface area contributed by atoms with Crippen molar-refractivity contribution in [3.05, 3.63) is 86.9 Å². The first-order valence-electron chi connectivity index (χ1n) is 12.6. The average molecular weight is 525 g/mol. The van der Waals surface area contributed by atoms with E-state index in [0.717, 1.165) is 24.9 Å². The third kappa shape index (κ3) is 3.59. The molecule has 37 heavy (non-hydrogen) atoms. The van der Waals surface area contributed by atoms with E-state index in [4.69, 9.17) is 22.1 Å². The Morgan fingerprint density at radius 2 is 1.97 bits per heavy atom. The van der Waals surface area contributed by atoms with Crippen molar-refractivity contribution in [1.29, 1.82) is 0 Å². The second kappa shape index (κ2) is 8.79. The summed E-state index contributed by atoms with van der Waals surface area (Å²) in [5.41, 5.74) is 6.70. The summed E-state index contributed by atoms with van der Waals surface area (Å²) in [7, 11) is 0. The summed E-state index contributed by atoms with van der Waals surface area (Å²) in [6.45, 7) is 2.63. The predicted molar refractivity (Wildman–Crippen MR) is 137 cm³/mol. The molecule has 0 aromatic heterocycles. The van der Waals surface area contributed by atoms with Crippen LogP contribution in [0.15, 0.2) is 42.5 Å². The molecule has 2 unspecified atom stereocenters. The van der Waals surface area contributed by atoms with Crippen molar-refractivity contribution in [2.75, 3.05) is 6.54 Å². The zero-order valence-electron chi connectivity index (χ0n) is 20.3. The molecule has 0 saturated carbocycles. The fraction of sp³-hybridized carbons (Fsp3) is 0.345. The zero-order valence-corrected chi connectivity index (χ0v) is 21.0. The number of benzene rings is 3. The van der Waals surface area contributed by atoms with Gasteiger partial charge < -0.3 is 20.9 Å². The standard InChI is InChI=1S/C29H27ClF2N2O3/c1-14-10-20(35)16-11-17(28(33)36)25(27(32)23(14)16)24-18-13-29(22-8-5-9-34-22,15-6-3-2-4-7-15)37-21(18)12-19(31)26(24)30/h2-4,6-7,11-12,14,20,22,34-35H,5,8-10,13H2,1H3,(H2,33,36)/t14?,20?,22-,29-/m0/s1. The quantitative estimate of drug-likeness (QED) is 0.420. The molecule has 1 fully saturated rings. The Hall–Kier alpha value is -3.00. The van der Waals surface area contributed by atoms with Gasteiger partial charge in [-0.25, -0.2) is 8.78 Å². The number of nitrogens with one attached hydrogen (secondary N) is 1. The topological polar surface area (TPSA) is 84.6 Å². The largest absolute Gasteiger partial charge is 0.480 e. The second-order valence-corrected chi connectivity index (χ2v) is 10.7. The highest BCUT2D eigenvalue weighted by Crippen LogP contribution is 2.53. The summed E-state index contributed by atoms with van der Waals surface area (Å²) < 4.78 is 38.3. The molecule has 192 valence electrons. The molecule has 3 aromatic rings. The Morgan fingerprint density at radius 3 is 2.65 bits per heavy atom. The lowest BCUT2D eigenvalue weighted by Crippen LogP contribution is -2.48. The van der Waals surface area contributed by atoms with E-state index in [0.29, 0.717) is 29.5 Å². The molecular weight excluding hydrogens is 498 g/mol. The number of rotatable bonds is 4. The lowest BCUT2D eigenvalue weighted by Gasteiger charge is -2.35. The normalized spacial score (nSPS) is 26.1. The SMILES string of the molecule is CC1CC(O)c2cc(C(N)=O)c(-c3c(Cl)c(F)cc4c3C[C@](c3ccccc3)([C@@H]3CCCN3)O4)c(F)c21. The molecule has 0 bridgehead atoms. The van der Waals surface area contributed by atoms with Gasteiger partial charge in [-0.15, -0.1) is 0 Å². The molecule has 4 atom stereocenters. The van der Waals surface area contributed by atoms with Gasteiger partial charge in [-0.1, -0.05) is 48.9 Å². The van der Waals surface area contributed by atoms with E-state index in [9.17, 15) is 9.90 Å². The average Bonchev–Trinajstić information content (AvgIpc) is 3.60. The number of nitrogens with two attached hydrogens (primary N) is 1. The van der Waals surface area contributed by atoms with Crippen LogP contribution in [0, 0.1) is 11.6 Å². The van der Waals surface area contributed by atoms with E-state index in [2.05, 4.69) is 5.32 Å². The smallest absolute Gasteiger partial charge is 0.249 e. The lowest BCUT2D eigenvalue weighted by atomic mass is 9.80. The van der Waals surface area contributed by atoms with Gasteiger partial charge in [0.25, 0.3) is 0 Å². The fourth-order valence-electron chi connectivity index (χ4n) is 6.50. The van der Waals surface area contributed by atoms with E-state index >= 15 is 8.78 Å². The summed E-state index contributed by atoms with van der Waals surface area (Å²) in [6.07, 6.45) is 1.52. The highest BCUT2D eigenvalue weighted by molar-refractivity contribution is 6.34. The van der Waals surface area contributed by atoms with E-state index < -0.39 is 29.2 Å². The Morgan fingerprint density at radius 1 is 1.22 bits per heavy atom. The second-order valence-electron chi connectivity index (χ2n) is 10.3. The van der Waals surface area contributed by atoms with Crippen molar-refractivity contribution in [2.45, 2.75) is 56.3 Å². The number of carbonyl (C=O) groups is 1. The van der Waals surface area contributed by atoms with Crippen molar-refractivity contribution in [2.24, 2.45) is 5.73 Å². The Balaban J connectivity index is 1.62. The third-order valence-electron chi connectivity index (χ3n) is 8.18. The van der Waals surface area contributed by atoms with Gasteiger partial charge in [0.1, 0.15) is 17.4 Å². The van der Waals surface area contributed by atoms with Gasteiger partial charge in [-0.3, -0.25) is 4.79 Å². The molecule has 1 aliphatic carbocycles. The van der Waals surface area contributed by atoms with Crippen LogP contribution in [-0.4, -0.2) is 23.6 Å². The number of aliphatic hydroxyl groups is 1. The maximum absolute atomic E-state index is 16.3. The van der Waals surface area contributed by atoms with Crippen LogP contribution in [0.3, 0.4) is 0 Å². The Labute approximate surface area is 218 Å². The minimum atomic E-state index is -0.914. The fourth-order valence-corrected chi connectivity index (χ4v) is 6.77. The van der Waals surface area contributed by atoms with E-state index in [1.54, 1.807) is 6.92 Å². The van der Waals surface area contributed by atoms with Crippen molar-refractivity contribution in [3.8, 4) is 16.9 Å². The van der Waals surface area contributed by atoms with Crippen LogP contribution in [0.25, 0.3) is 11.1 Å². The number of hydrogen-bond donors (Lipinski definition) is 3. The van der Waals surface area contributed by atoms with Gasteiger partial charge in [0, 0.05) is 29.2 Å². The van der Waals surface area contributed by atoms with Gasteiger partial charge in [0.15, 0.2) is 5.60 Å². The van der Waals surface area contributed by atoms with Crippen LogP contribution in [0.5, 0.6) is 5.75 Å². The summed E-state index contributed by atoms with van der Waals surface area (Å²) in [5, 5.41) is 13.7. The van der Waals surface area contributed by atoms with E-state index in [1.165, 1.54) is 12.1 Å². The van der Waals surface area contributed by atoms with E-state index in [1.807, 2.05) is 30.3 Å². The molecule has 6 rings (SSSR count). The summed E-state index contributed by atoms with van der Waals surface area (Å²) in [4.78, 5) is 12.6. The number of hydrogen-bond acceptors (Lipinski definition) is 4. The molecule has 1 amide bonds. The van der Waals surface area contributed by atoms with Crippen LogP contribution in [0.2, 0.25) is 5.02 Å². The number of halogens is 3. The van der Waals surface area contributed by atoms with Gasteiger partial charge in [0.2, 0.25) is 5.91 Å². The zero-order chi connectivity index (χ0) is 26.1. The predicted octanol–water partition coefficient (Wildman–Crippen LogP) is 5.51. The summed E-state index contributed by atoms with van der Waals surface area (Å²) >= 11 is 6.56. The number of fused-ring (bicyclic) bond motifs is 2. The maximum Gasteiger partial charge on any atom is 0.249 e. The molecule has 2 heterocycles. The minimum absolute atomic E-state index is 0.0624. The molecular formula is C29H27ClF2N2O3. The summed E-state index contributed by atoms with van der Waals surface area (Å²) in [6, 6.07) is 12.3. The first-order chi connectivity index (χ1) is 17.7. The Bertz CT molecular complexity index is 1420. The van der Waals surface area contributed by atoms with Crippen LogP contribution in [0.4, 0.5) is 8.78 Å². The molecule has 1 saturated heterocycles. The molecule has 0 spiro atoms.